The van der Waals surface area contributed by atoms with Crippen molar-refractivity contribution in [3.63, 3.8) is 0 Å². The van der Waals surface area contributed by atoms with Gasteiger partial charge in [-0.05, 0) is 50.7 Å². The lowest BCUT2D eigenvalue weighted by molar-refractivity contribution is 0.0847. The summed E-state index contributed by atoms with van der Waals surface area (Å²) >= 11 is 0. The molecule has 188 valence electrons. The fourth-order valence-electron chi connectivity index (χ4n) is 5.19. The van der Waals surface area contributed by atoms with Crippen molar-refractivity contribution >= 4 is 10.9 Å². The van der Waals surface area contributed by atoms with Gasteiger partial charge in [0.25, 0.3) is 5.56 Å². The number of nitrogens with zero attached hydrogens (tertiary/aromatic N) is 5. The molecule has 36 heavy (non-hydrogen) atoms. The number of aryl methyl sites for hydroxylation is 1. The number of halogens is 1. The number of hydrogen-bond donors (Lipinski definition) is 0. The second kappa shape index (κ2) is 9.17. The molecule has 8 heteroatoms. The Hall–Kier alpha value is -3.52. The molecule has 0 spiro atoms. The normalized spacial score (nSPS) is 19.2. The number of fused-ring (bicyclic) bond motifs is 1. The van der Waals surface area contributed by atoms with Crippen molar-refractivity contribution in [1.29, 1.82) is 0 Å². The molecular formula is C28H32FN5O2. The average molecular weight is 490 g/mol. The van der Waals surface area contributed by atoms with E-state index in [1.54, 1.807) is 17.8 Å². The molecule has 2 atom stereocenters. The zero-order valence-corrected chi connectivity index (χ0v) is 21.5. The summed E-state index contributed by atoms with van der Waals surface area (Å²) in [7, 11) is 3.87. The van der Waals surface area contributed by atoms with Crippen molar-refractivity contribution < 1.29 is 9.13 Å². The summed E-state index contributed by atoms with van der Waals surface area (Å²) in [5.41, 5.74) is 4.32. The summed E-state index contributed by atoms with van der Waals surface area (Å²) < 4.78 is 22.6. The van der Waals surface area contributed by atoms with Gasteiger partial charge in [0.2, 0.25) is 6.36 Å². The lowest BCUT2D eigenvalue weighted by atomic mass is 9.88. The van der Waals surface area contributed by atoms with Gasteiger partial charge in [-0.3, -0.25) is 14.2 Å². The van der Waals surface area contributed by atoms with E-state index in [0.29, 0.717) is 17.7 Å². The van der Waals surface area contributed by atoms with Crippen molar-refractivity contribution in [3.8, 4) is 16.9 Å². The van der Waals surface area contributed by atoms with E-state index in [1.165, 1.54) is 6.92 Å². The summed E-state index contributed by atoms with van der Waals surface area (Å²) in [6.45, 7) is 7.90. The van der Waals surface area contributed by atoms with E-state index in [9.17, 15) is 9.18 Å². The van der Waals surface area contributed by atoms with E-state index in [1.807, 2.05) is 54.3 Å². The number of aromatic nitrogens is 4. The first-order valence-electron chi connectivity index (χ1n) is 12.3. The molecule has 3 heterocycles. The SMILES string of the molecule is Cc1ccc(OC(C)F)c(Cn2c3cc(-c4cnc(C5(C)CCN(C)C5)nc4)ccc3c(=O)n2C)c1. The predicted molar refractivity (Wildman–Crippen MR) is 139 cm³/mol. The largest absolute Gasteiger partial charge is 0.460 e. The van der Waals surface area contributed by atoms with Crippen LogP contribution in [0.1, 0.15) is 37.2 Å². The molecule has 1 aliphatic heterocycles. The maximum absolute atomic E-state index is 13.7. The maximum atomic E-state index is 13.7. The van der Waals surface area contributed by atoms with Crippen LogP contribution in [0.4, 0.5) is 4.39 Å². The molecule has 0 N–H and O–H groups in total. The first-order chi connectivity index (χ1) is 17.1. The van der Waals surface area contributed by atoms with E-state index in [2.05, 4.69) is 18.9 Å². The molecule has 2 unspecified atom stereocenters. The van der Waals surface area contributed by atoms with E-state index in [-0.39, 0.29) is 11.0 Å². The van der Waals surface area contributed by atoms with Gasteiger partial charge in [-0.15, -0.1) is 0 Å². The van der Waals surface area contributed by atoms with Crippen molar-refractivity contribution in [2.45, 2.75) is 45.5 Å². The molecule has 0 radical (unpaired) electrons. The van der Waals surface area contributed by atoms with Gasteiger partial charge in [0.05, 0.1) is 17.4 Å². The summed E-state index contributed by atoms with van der Waals surface area (Å²) in [6, 6.07) is 11.4. The number of rotatable bonds is 6. The van der Waals surface area contributed by atoms with Gasteiger partial charge in [-0.1, -0.05) is 30.7 Å². The second-order valence-corrected chi connectivity index (χ2v) is 10.2. The quantitative estimate of drug-likeness (QED) is 0.401. The van der Waals surface area contributed by atoms with Crippen LogP contribution in [-0.4, -0.2) is 50.7 Å². The third kappa shape index (κ3) is 4.41. The Bertz CT molecular complexity index is 1470. The van der Waals surface area contributed by atoms with Crippen LogP contribution in [0.2, 0.25) is 0 Å². The molecule has 2 aromatic heterocycles. The molecule has 1 fully saturated rings. The first-order valence-corrected chi connectivity index (χ1v) is 12.3. The standard InChI is InChI=1S/C28H32FN5O2/c1-18-6-9-25(36-19(2)29)21(12-18)16-34-24-13-20(7-8-23(24)26(35)33(34)5)22-14-30-27(31-15-22)28(3)10-11-32(4)17-28/h6-9,12-15,19H,10-11,16-17H2,1-5H3. The molecular weight excluding hydrogens is 457 g/mol. The van der Waals surface area contributed by atoms with Crippen LogP contribution in [0.25, 0.3) is 22.0 Å². The highest BCUT2D eigenvalue weighted by Crippen LogP contribution is 2.32. The first kappa shape index (κ1) is 24.2. The third-order valence-electron chi connectivity index (χ3n) is 7.18. The van der Waals surface area contributed by atoms with Crippen molar-refractivity contribution in [2.75, 3.05) is 20.1 Å². The molecule has 0 bridgehead atoms. The lowest BCUT2D eigenvalue weighted by Gasteiger charge is -2.21. The Labute approximate surface area is 210 Å². The van der Waals surface area contributed by atoms with E-state index >= 15 is 0 Å². The van der Waals surface area contributed by atoms with Gasteiger partial charge in [-0.2, -0.15) is 0 Å². The minimum atomic E-state index is -1.43. The molecule has 0 amide bonds. The molecule has 0 saturated carbocycles. The Morgan fingerprint density at radius 2 is 1.86 bits per heavy atom. The van der Waals surface area contributed by atoms with Crippen LogP contribution in [0, 0.1) is 6.92 Å². The minimum absolute atomic E-state index is 0.0398. The monoisotopic (exact) mass is 489 g/mol. The number of ether oxygens (including phenoxy) is 1. The zero-order chi connectivity index (χ0) is 25.6. The van der Waals surface area contributed by atoms with Gasteiger partial charge in [-0.25, -0.2) is 14.4 Å². The minimum Gasteiger partial charge on any atom is -0.460 e. The number of alkyl halides is 1. The summed E-state index contributed by atoms with van der Waals surface area (Å²) in [5.74, 6) is 1.33. The van der Waals surface area contributed by atoms with Crippen molar-refractivity contribution in [3.05, 3.63) is 76.1 Å². The molecule has 2 aromatic carbocycles. The smallest absolute Gasteiger partial charge is 0.274 e. The number of likely N-dealkylation sites (N-methyl/N-ethyl adjacent to an activating group) is 1. The Balaban J connectivity index is 1.53. The summed E-state index contributed by atoms with van der Waals surface area (Å²) in [4.78, 5) is 24.7. The van der Waals surface area contributed by atoms with Crippen LogP contribution < -0.4 is 10.3 Å². The van der Waals surface area contributed by atoms with Crippen molar-refractivity contribution in [1.82, 2.24) is 24.2 Å². The second-order valence-electron chi connectivity index (χ2n) is 10.2. The zero-order valence-electron chi connectivity index (χ0n) is 21.5. The molecule has 7 nitrogen and oxygen atoms in total. The topological polar surface area (TPSA) is 65.2 Å². The van der Waals surface area contributed by atoms with Crippen LogP contribution in [0.5, 0.6) is 5.75 Å². The molecule has 5 rings (SSSR count). The van der Waals surface area contributed by atoms with E-state index in [0.717, 1.165) is 53.1 Å². The molecule has 1 aliphatic rings. The lowest BCUT2D eigenvalue weighted by Crippen LogP contribution is -2.28. The highest BCUT2D eigenvalue weighted by Gasteiger charge is 2.36. The number of likely N-dealkylation sites (tertiary alicyclic amines) is 1. The Kier molecular flexibility index (Phi) is 6.16. The Morgan fingerprint density at radius 1 is 1.11 bits per heavy atom. The van der Waals surface area contributed by atoms with E-state index in [4.69, 9.17) is 14.7 Å². The molecule has 1 saturated heterocycles. The van der Waals surface area contributed by atoms with E-state index < -0.39 is 6.36 Å². The molecule has 0 aliphatic carbocycles. The summed E-state index contributed by atoms with van der Waals surface area (Å²) in [6.07, 6.45) is 3.34. The van der Waals surface area contributed by atoms with Crippen LogP contribution in [0.3, 0.4) is 0 Å². The fourth-order valence-corrected chi connectivity index (χ4v) is 5.19. The molecule has 4 aromatic rings. The average Bonchev–Trinajstić information content (AvgIpc) is 3.32. The maximum Gasteiger partial charge on any atom is 0.274 e. The van der Waals surface area contributed by atoms with Gasteiger partial charge >= 0.3 is 0 Å². The van der Waals surface area contributed by atoms with Gasteiger partial charge in [0, 0.05) is 49.5 Å². The third-order valence-corrected chi connectivity index (χ3v) is 7.18. The summed E-state index contributed by atoms with van der Waals surface area (Å²) in [5, 5.41) is 0.620. The Morgan fingerprint density at radius 3 is 2.53 bits per heavy atom. The van der Waals surface area contributed by atoms with Crippen LogP contribution in [-0.2, 0) is 19.0 Å². The number of hydrogen-bond acceptors (Lipinski definition) is 5. The fraction of sp³-hybridized carbons (Fsp3) is 0.393. The number of benzene rings is 2. The highest BCUT2D eigenvalue weighted by atomic mass is 19.1. The van der Waals surface area contributed by atoms with Gasteiger partial charge in [0.1, 0.15) is 11.6 Å². The van der Waals surface area contributed by atoms with Gasteiger partial charge in [0.15, 0.2) is 0 Å². The van der Waals surface area contributed by atoms with Crippen LogP contribution >= 0.6 is 0 Å². The van der Waals surface area contributed by atoms with Crippen LogP contribution in [0.15, 0.2) is 53.6 Å². The van der Waals surface area contributed by atoms with Gasteiger partial charge < -0.3 is 9.64 Å². The highest BCUT2D eigenvalue weighted by molar-refractivity contribution is 5.84. The predicted octanol–water partition coefficient (Wildman–Crippen LogP) is 4.44. The van der Waals surface area contributed by atoms with Crippen molar-refractivity contribution in [2.24, 2.45) is 7.05 Å².